The average molecular weight is 1300 g/mol. The van der Waals surface area contributed by atoms with E-state index < -0.39 is 0 Å². The summed E-state index contributed by atoms with van der Waals surface area (Å²) in [4.78, 5) is 56.7. The van der Waals surface area contributed by atoms with Gasteiger partial charge in [-0.25, -0.2) is 23.7 Å². The number of benzene rings is 5. The van der Waals surface area contributed by atoms with Gasteiger partial charge in [-0.05, 0) is 131 Å². The van der Waals surface area contributed by atoms with Gasteiger partial charge in [-0.2, -0.15) is 0 Å². The highest BCUT2D eigenvalue weighted by Crippen LogP contribution is 2.20. The molecular formula is C61H64Br2F2IN9O3. The summed E-state index contributed by atoms with van der Waals surface area (Å²) < 4.78 is 33.3. The number of alkyl halides is 1. The summed E-state index contributed by atoms with van der Waals surface area (Å²) in [7, 11) is 0. The molecule has 0 aliphatic carbocycles. The van der Waals surface area contributed by atoms with Crippen molar-refractivity contribution < 1.29 is 8.78 Å². The molecule has 3 aliphatic heterocycles. The highest BCUT2D eigenvalue weighted by atomic mass is 127. The number of hydrogen-bond donors (Lipinski definition) is 1. The quantitative estimate of drug-likeness (QED) is 0.102. The van der Waals surface area contributed by atoms with E-state index in [4.69, 9.17) is 16.4 Å². The molecule has 6 heterocycles. The van der Waals surface area contributed by atoms with E-state index in [-0.39, 0.29) is 28.3 Å². The lowest BCUT2D eigenvalue weighted by molar-refractivity contribution is 0.226. The van der Waals surface area contributed by atoms with Gasteiger partial charge in [0.15, 0.2) is 0 Å². The Balaban J connectivity index is 0.000000156. The maximum absolute atomic E-state index is 13.0. The molecule has 17 heteroatoms. The van der Waals surface area contributed by atoms with Crippen molar-refractivity contribution in [1.29, 1.82) is 0 Å². The maximum atomic E-state index is 13.0. The number of nitrogens with zero attached hydrogens (tertiary/aromatic N) is 8. The van der Waals surface area contributed by atoms with Gasteiger partial charge in [0.1, 0.15) is 29.1 Å². The van der Waals surface area contributed by atoms with Crippen LogP contribution in [0.25, 0.3) is 32.7 Å². The Morgan fingerprint density at radius 3 is 1.35 bits per heavy atom. The number of fused-ring (bicyclic) bond motifs is 6. The summed E-state index contributed by atoms with van der Waals surface area (Å²) in [6.45, 7) is 20.5. The van der Waals surface area contributed by atoms with Gasteiger partial charge in [0.25, 0.3) is 16.7 Å². The topological polar surface area (TPSA) is 123 Å². The molecule has 0 radical (unpaired) electrons. The molecule has 0 saturated heterocycles. The molecule has 0 unspecified atom stereocenters. The fraction of sp³-hybridized carbons (Fsp3) is 0.344. The Morgan fingerprint density at radius 1 is 0.513 bits per heavy atom. The molecule has 3 aromatic heterocycles. The first-order chi connectivity index (χ1) is 37.4. The van der Waals surface area contributed by atoms with Gasteiger partial charge in [-0.1, -0.05) is 86.1 Å². The van der Waals surface area contributed by atoms with E-state index in [9.17, 15) is 23.2 Å². The molecule has 0 bridgehead atoms. The van der Waals surface area contributed by atoms with E-state index >= 15 is 0 Å². The minimum Gasteiger partial charge on any atom is -0.315 e. The minimum absolute atomic E-state index is 0.0173. The fourth-order valence-electron chi connectivity index (χ4n) is 9.03. The van der Waals surface area contributed by atoms with Crippen LogP contribution in [0.2, 0.25) is 0 Å². The highest BCUT2D eigenvalue weighted by molar-refractivity contribution is 14.1. The van der Waals surface area contributed by atoms with Crippen LogP contribution in [0, 0.1) is 35.8 Å². The predicted molar refractivity (Wildman–Crippen MR) is 327 cm³/mol. The molecule has 0 fully saturated rings. The molecule has 0 saturated carbocycles. The van der Waals surface area contributed by atoms with E-state index in [1.54, 1.807) is 34.9 Å². The zero-order valence-electron chi connectivity index (χ0n) is 44.8. The molecule has 11 rings (SSSR count). The van der Waals surface area contributed by atoms with Gasteiger partial charge in [-0.3, -0.25) is 37.9 Å². The smallest absolute Gasteiger partial charge is 0.261 e. The highest BCUT2D eigenvalue weighted by Gasteiger charge is 2.21. The molecule has 406 valence electrons. The van der Waals surface area contributed by atoms with Crippen LogP contribution in [0.5, 0.6) is 0 Å². The number of nitrogens with one attached hydrogen (secondary N) is 1. The second kappa shape index (κ2) is 28.3. The van der Waals surface area contributed by atoms with Crippen LogP contribution in [0.4, 0.5) is 8.78 Å². The first kappa shape index (κ1) is 59.7. The lowest BCUT2D eigenvalue weighted by atomic mass is 10.1. The van der Waals surface area contributed by atoms with Crippen molar-refractivity contribution in [3.8, 4) is 24.2 Å². The normalized spacial score (nSPS) is 14.2. The Hall–Kier alpha value is -5.93. The Morgan fingerprint density at radius 2 is 0.897 bits per heavy atom. The van der Waals surface area contributed by atoms with Crippen molar-refractivity contribution >= 4 is 87.2 Å². The molecule has 78 heavy (non-hydrogen) atoms. The minimum atomic E-state index is -0.280. The third-order valence-corrected chi connectivity index (χ3v) is 14.2. The number of terminal acetylenes is 1. The molecular weight excluding hydrogens is 1230 g/mol. The summed E-state index contributed by atoms with van der Waals surface area (Å²) >= 11 is 9.19. The van der Waals surface area contributed by atoms with Gasteiger partial charge < -0.3 is 5.32 Å². The van der Waals surface area contributed by atoms with Crippen LogP contribution in [0.1, 0.15) is 75.7 Å². The van der Waals surface area contributed by atoms with Gasteiger partial charge in [-0.15, -0.1) is 6.42 Å². The second-order valence-corrected chi connectivity index (χ2v) is 24.0. The SMILES string of the molecule is C#Cc1ccc(F)cc1.CC(C)I.CC(C)N1CCc2nc3cc(Br)ccc3c(=O)n2CC1.CC(C)N1CCc2nc3cc(C#Cc4ccc(F)cc4)ccc3c(=O)n2CC1.O=c1c2ccc(Br)cc2nc2n1CCNCC2. The maximum Gasteiger partial charge on any atom is 0.261 e. The van der Waals surface area contributed by atoms with Gasteiger partial charge in [0.05, 0.1) is 32.7 Å². The van der Waals surface area contributed by atoms with E-state index in [0.717, 1.165) is 118 Å². The number of hydrogen-bond acceptors (Lipinski definition) is 9. The fourth-order valence-corrected chi connectivity index (χ4v) is 9.73. The van der Waals surface area contributed by atoms with Crippen molar-refractivity contribution in [2.75, 3.05) is 39.3 Å². The molecule has 8 aromatic rings. The van der Waals surface area contributed by atoms with Crippen LogP contribution in [0.3, 0.4) is 0 Å². The summed E-state index contributed by atoms with van der Waals surface area (Å²) in [5.41, 5.74) is 4.65. The third kappa shape index (κ3) is 16.1. The molecule has 3 aliphatic rings. The summed E-state index contributed by atoms with van der Waals surface area (Å²) in [6.07, 6.45) is 7.42. The first-order valence-electron chi connectivity index (χ1n) is 26.1. The number of aromatic nitrogens is 6. The Labute approximate surface area is 485 Å². The number of halogens is 5. The van der Waals surface area contributed by atoms with Gasteiger partial charge in [0, 0.05) is 120 Å². The third-order valence-electron chi connectivity index (χ3n) is 13.2. The van der Waals surface area contributed by atoms with Crippen molar-refractivity contribution in [2.24, 2.45) is 0 Å². The van der Waals surface area contributed by atoms with Gasteiger partial charge >= 0.3 is 0 Å². The van der Waals surface area contributed by atoms with Crippen LogP contribution in [-0.2, 0) is 38.9 Å². The zero-order valence-corrected chi connectivity index (χ0v) is 50.1. The predicted octanol–water partition coefficient (Wildman–Crippen LogP) is 10.6. The largest absolute Gasteiger partial charge is 0.315 e. The Kier molecular flexibility index (Phi) is 21.7. The van der Waals surface area contributed by atoms with Crippen molar-refractivity contribution in [2.45, 2.75) is 96.4 Å². The molecule has 0 spiro atoms. The van der Waals surface area contributed by atoms with E-state index in [0.29, 0.717) is 52.4 Å². The summed E-state index contributed by atoms with van der Waals surface area (Å²) in [5, 5.41) is 5.29. The lowest BCUT2D eigenvalue weighted by Crippen LogP contribution is -2.34. The van der Waals surface area contributed by atoms with Crippen molar-refractivity contribution in [3.63, 3.8) is 0 Å². The van der Waals surface area contributed by atoms with Crippen molar-refractivity contribution in [3.05, 3.63) is 189 Å². The van der Waals surface area contributed by atoms with E-state index in [2.05, 4.69) is 134 Å². The van der Waals surface area contributed by atoms with Crippen LogP contribution < -0.4 is 22.0 Å². The molecule has 0 atom stereocenters. The number of rotatable bonds is 2. The molecule has 0 amide bonds. The van der Waals surface area contributed by atoms with E-state index in [1.807, 2.05) is 57.7 Å². The molecule has 1 N–H and O–H groups in total. The van der Waals surface area contributed by atoms with Crippen LogP contribution in [0.15, 0.2) is 126 Å². The lowest BCUT2D eigenvalue weighted by Gasteiger charge is -2.23. The second-order valence-electron chi connectivity index (χ2n) is 19.7. The monoisotopic (exact) mass is 1290 g/mol. The zero-order chi connectivity index (χ0) is 56.0. The summed E-state index contributed by atoms with van der Waals surface area (Å²) in [5.74, 6) is 10.6. The molecule has 12 nitrogen and oxygen atoms in total. The van der Waals surface area contributed by atoms with Crippen LogP contribution in [-0.4, -0.2) is 93.7 Å². The standard InChI is InChI=1S/C23H22FN3O.C15H18BrN3O.C12H12BrN3O.C8H5F.C3H7I/c1-16(2)26-12-11-22-25-21-15-18(4-3-17-5-8-19(24)9-6-17)7-10-20(21)23(28)27(22)14-13-26;1-10(2)18-6-5-14-17-13-9-11(16)3-4-12(13)15(20)19(14)8-7-18;13-8-1-2-9-10(7-8)15-11-3-4-14-5-6-16(11)12(9)17;1-2-7-3-5-8(9)6-4-7;1-3(2)4/h5-10,15-16H,11-14H2,1-2H3;3-4,9-10H,5-8H2,1-2H3;1-2,7,14H,3-6H2;1,3-6H;3H,1-2H3. The van der Waals surface area contributed by atoms with Gasteiger partial charge in [0.2, 0.25) is 0 Å². The van der Waals surface area contributed by atoms with E-state index in [1.165, 1.54) is 24.3 Å². The Bertz CT molecular complexity index is 3680. The average Bonchev–Trinajstić information content (AvgIpc) is 3.99. The first-order valence-corrected chi connectivity index (χ1v) is 29.0. The molecule has 5 aromatic carbocycles. The van der Waals surface area contributed by atoms with Crippen molar-refractivity contribution in [1.82, 2.24) is 43.8 Å². The summed E-state index contributed by atoms with van der Waals surface area (Å²) in [6, 6.07) is 29.6. The van der Waals surface area contributed by atoms with Crippen LogP contribution >= 0.6 is 54.5 Å².